The van der Waals surface area contributed by atoms with Gasteiger partial charge in [0, 0.05) is 6.20 Å². The first kappa shape index (κ1) is 9.80. The molecule has 0 aliphatic carbocycles. The quantitative estimate of drug-likeness (QED) is 0.811. The Morgan fingerprint density at radius 1 is 1.13 bits per heavy atom. The number of hydrogen-bond donors (Lipinski definition) is 1. The molecule has 1 unspecified atom stereocenters. The third kappa shape index (κ3) is 2.19. The van der Waals surface area contributed by atoms with E-state index in [1.54, 1.807) is 18.3 Å². The summed E-state index contributed by atoms with van der Waals surface area (Å²) >= 11 is 0. The van der Waals surface area contributed by atoms with Crippen LogP contribution < -0.4 is 5.73 Å². The van der Waals surface area contributed by atoms with Gasteiger partial charge in [-0.2, -0.15) is 0 Å². The van der Waals surface area contributed by atoms with Crippen molar-refractivity contribution in [1.29, 1.82) is 0 Å². The highest BCUT2D eigenvalue weighted by atomic mass is 19.1. The minimum atomic E-state index is -0.373. The van der Waals surface area contributed by atoms with E-state index in [2.05, 4.69) is 4.98 Å². The number of hydrogen-bond acceptors (Lipinski definition) is 2. The van der Waals surface area contributed by atoms with Crippen LogP contribution in [0.2, 0.25) is 0 Å². The number of nitrogens with zero attached hydrogens (tertiary/aromatic N) is 1. The molecular formula is C12H11FN2. The molecule has 2 aromatic rings. The van der Waals surface area contributed by atoms with Crippen LogP contribution in [0.15, 0.2) is 48.7 Å². The summed E-state index contributed by atoms with van der Waals surface area (Å²) in [6, 6.07) is 11.4. The van der Waals surface area contributed by atoms with Gasteiger partial charge in [-0.3, -0.25) is 4.98 Å². The van der Waals surface area contributed by atoms with E-state index < -0.39 is 0 Å². The average molecular weight is 202 g/mol. The molecule has 15 heavy (non-hydrogen) atoms. The Morgan fingerprint density at radius 3 is 2.67 bits per heavy atom. The van der Waals surface area contributed by atoms with Gasteiger partial charge in [-0.15, -0.1) is 0 Å². The van der Waals surface area contributed by atoms with E-state index in [4.69, 9.17) is 5.73 Å². The van der Waals surface area contributed by atoms with E-state index in [1.165, 1.54) is 12.1 Å². The second kappa shape index (κ2) is 4.19. The highest BCUT2D eigenvalue weighted by Gasteiger charge is 2.09. The topological polar surface area (TPSA) is 38.9 Å². The maximum atomic E-state index is 13.0. The Bertz CT molecular complexity index is 442. The Morgan fingerprint density at radius 2 is 2.00 bits per heavy atom. The van der Waals surface area contributed by atoms with E-state index in [1.807, 2.05) is 18.2 Å². The highest BCUT2D eigenvalue weighted by Crippen LogP contribution is 2.17. The fourth-order valence-electron chi connectivity index (χ4n) is 1.43. The number of benzene rings is 1. The number of halogens is 1. The fourth-order valence-corrected chi connectivity index (χ4v) is 1.43. The van der Waals surface area contributed by atoms with Crippen molar-refractivity contribution < 1.29 is 4.39 Å². The molecule has 1 aromatic carbocycles. The predicted molar refractivity (Wildman–Crippen MR) is 56.7 cm³/mol. The van der Waals surface area contributed by atoms with Crippen molar-refractivity contribution in [1.82, 2.24) is 4.98 Å². The van der Waals surface area contributed by atoms with E-state index >= 15 is 0 Å². The Hall–Kier alpha value is -1.74. The summed E-state index contributed by atoms with van der Waals surface area (Å²) in [6.07, 6.45) is 1.68. The molecule has 76 valence electrons. The molecule has 1 heterocycles. The molecule has 0 bridgehead atoms. The van der Waals surface area contributed by atoms with Crippen molar-refractivity contribution in [2.45, 2.75) is 6.04 Å². The van der Waals surface area contributed by atoms with Crippen LogP contribution in [0.25, 0.3) is 0 Å². The second-order valence-corrected chi connectivity index (χ2v) is 3.29. The molecule has 0 aliphatic rings. The van der Waals surface area contributed by atoms with Crippen LogP contribution in [-0.4, -0.2) is 4.98 Å². The number of aromatic nitrogens is 1. The van der Waals surface area contributed by atoms with E-state index in [-0.39, 0.29) is 11.9 Å². The van der Waals surface area contributed by atoms with E-state index in [0.717, 1.165) is 11.3 Å². The van der Waals surface area contributed by atoms with Gasteiger partial charge in [0.2, 0.25) is 0 Å². The fraction of sp³-hybridized carbons (Fsp3) is 0.0833. The van der Waals surface area contributed by atoms with Crippen LogP contribution in [0.1, 0.15) is 17.3 Å². The molecule has 1 aromatic heterocycles. The van der Waals surface area contributed by atoms with Crippen molar-refractivity contribution >= 4 is 0 Å². The lowest BCUT2D eigenvalue weighted by molar-refractivity contribution is 0.623. The maximum Gasteiger partial charge on any atom is 0.123 e. The first-order valence-corrected chi connectivity index (χ1v) is 4.69. The van der Waals surface area contributed by atoms with Crippen LogP contribution in [0.4, 0.5) is 4.39 Å². The lowest BCUT2D eigenvalue weighted by Gasteiger charge is -2.10. The molecule has 2 N–H and O–H groups in total. The minimum Gasteiger partial charge on any atom is -0.319 e. The lowest BCUT2D eigenvalue weighted by atomic mass is 10.0. The summed E-state index contributed by atoms with van der Waals surface area (Å²) < 4.78 is 13.0. The molecular weight excluding hydrogens is 191 g/mol. The second-order valence-electron chi connectivity index (χ2n) is 3.29. The van der Waals surface area contributed by atoms with Crippen LogP contribution >= 0.6 is 0 Å². The summed E-state index contributed by atoms with van der Waals surface area (Å²) in [5.74, 6) is -0.279. The van der Waals surface area contributed by atoms with Gasteiger partial charge in [0.15, 0.2) is 0 Å². The van der Waals surface area contributed by atoms with Crippen molar-refractivity contribution in [2.75, 3.05) is 0 Å². The third-order valence-electron chi connectivity index (χ3n) is 2.21. The van der Waals surface area contributed by atoms with Gasteiger partial charge in [-0.1, -0.05) is 18.2 Å². The molecule has 2 nitrogen and oxygen atoms in total. The zero-order valence-corrected chi connectivity index (χ0v) is 8.10. The molecule has 0 fully saturated rings. The zero-order valence-electron chi connectivity index (χ0n) is 8.10. The van der Waals surface area contributed by atoms with Gasteiger partial charge in [0.05, 0.1) is 11.7 Å². The molecule has 0 amide bonds. The van der Waals surface area contributed by atoms with Crippen molar-refractivity contribution in [2.24, 2.45) is 5.73 Å². The monoisotopic (exact) mass is 202 g/mol. The van der Waals surface area contributed by atoms with Crippen molar-refractivity contribution in [3.8, 4) is 0 Å². The normalized spacial score (nSPS) is 12.4. The van der Waals surface area contributed by atoms with Gasteiger partial charge in [0.1, 0.15) is 5.82 Å². The Labute approximate surface area is 87.6 Å². The summed E-state index contributed by atoms with van der Waals surface area (Å²) in [4.78, 5) is 4.14. The molecule has 0 saturated heterocycles. The first-order valence-electron chi connectivity index (χ1n) is 4.69. The molecule has 0 saturated carbocycles. The largest absolute Gasteiger partial charge is 0.319 e. The summed E-state index contributed by atoms with van der Waals surface area (Å²) in [6.45, 7) is 0. The third-order valence-corrected chi connectivity index (χ3v) is 2.21. The standard InChI is InChI=1S/C12H11FN2/c13-10-5-3-4-9(8-10)12(14)11-6-1-2-7-15-11/h1-8,12H,14H2. The predicted octanol–water partition coefficient (Wildman–Crippen LogP) is 2.27. The van der Waals surface area contributed by atoms with Crippen LogP contribution in [-0.2, 0) is 0 Å². The van der Waals surface area contributed by atoms with Crippen LogP contribution in [0.3, 0.4) is 0 Å². The first-order chi connectivity index (χ1) is 7.27. The molecule has 2 rings (SSSR count). The van der Waals surface area contributed by atoms with Gasteiger partial charge < -0.3 is 5.73 Å². The summed E-state index contributed by atoms with van der Waals surface area (Å²) in [5, 5.41) is 0. The molecule has 0 spiro atoms. The smallest absolute Gasteiger partial charge is 0.123 e. The number of pyridine rings is 1. The lowest BCUT2D eigenvalue weighted by Crippen LogP contribution is -2.13. The van der Waals surface area contributed by atoms with Crippen molar-refractivity contribution in [3.63, 3.8) is 0 Å². The molecule has 1 atom stereocenters. The van der Waals surface area contributed by atoms with E-state index in [9.17, 15) is 4.39 Å². The summed E-state index contributed by atoms with van der Waals surface area (Å²) in [5.41, 5.74) is 7.43. The molecule has 0 aliphatic heterocycles. The molecule has 0 radical (unpaired) electrons. The van der Waals surface area contributed by atoms with Gasteiger partial charge >= 0.3 is 0 Å². The van der Waals surface area contributed by atoms with Gasteiger partial charge in [-0.05, 0) is 29.8 Å². The number of rotatable bonds is 2. The zero-order chi connectivity index (χ0) is 10.7. The average Bonchev–Trinajstić information content (AvgIpc) is 2.29. The van der Waals surface area contributed by atoms with Crippen LogP contribution in [0.5, 0.6) is 0 Å². The SMILES string of the molecule is NC(c1cccc(F)c1)c1ccccn1. The van der Waals surface area contributed by atoms with Crippen molar-refractivity contribution in [3.05, 3.63) is 65.7 Å². The summed E-state index contributed by atoms with van der Waals surface area (Å²) in [7, 11) is 0. The van der Waals surface area contributed by atoms with Gasteiger partial charge in [0.25, 0.3) is 0 Å². The molecule has 3 heteroatoms. The Balaban J connectivity index is 2.32. The maximum absolute atomic E-state index is 13.0. The van der Waals surface area contributed by atoms with E-state index in [0.29, 0.717) is 0 Å². The highest BCUT2D eigenvalue weighted by molar-refractivity contribution is 5.27. The van der Waals surface area contributed by atoms with Crippen LogP contribution in [0, 0.1) is 5.82 Å². The van der Waals surface area contributed by atoms with Gasteiger partial charge in [-0.25, -0.2) is 4.39 Å². The number of nitrogens with two attached hydrogens (primary N) is 1. The Kier molecular flexibility index (Phi) is 2.74. The minimum absolute atomic E-state index is 0.279.